The topological polar surface area (TPSA) is 83.2 Å². The van der Waals surface area contributed by atoms with Crippen molar-refractivity contribution in [1.82, 2.24) is 13.5 Å². The first-order valence-electron chi connectivity index (χ1n) is 14.8. The van der Waals surface area contributed by atoms with Crippen LogP contribution in [0.15, 0.2) is 108 Å². The van der Waals surface area contributed by atoms with Crippen LogP contribution in [-0.2, 0) is 32.5 Å². The lowest BCUT2D eigenvalue weighted by atomic mass is 10.0. The fourth-order valence-corrected chi connectivity index (χ4v) is 7.19. The normalized spacial score (nSPS) is 11.7. The molecule has 0 saturated heterocycles. The Labute approximate surface area is 278 Å². The second-order valence-electron chi connectivity index (χ2n) is 10.9. The van der Waals surface area contributed by atoms with Gasteiger partial charge in [-0.3, -0.25) is 4.79 Å². The SMILES string of the molecule is CCOC(=O)CCc1nc(-c2ccccc2)c(-c2cn(S(=O)(=O)c3ccc(C)cc3)c3cc(Cl)ccc23)n1Cc1ccc(Cl)cc1. The molecule has 0 saturated carbocycles. The Bertz CT molecular complexity index is 2140. The summed E-state index contributed by atoms with van der Waals surface area (Å²) in [5.74, 6) is 0.343. The lowest BCUT2D eigenvalue weighted by molar-refractivity contribution is -0.143. The fourth-order valence-electron chi connectivity index (χ4n) is 5.53. The molecule has 234 valence electrons. The van der Waals surface area contributed by atoms with E-state index in [1.807, 2.05) is 67.6 Å². The van der Waals surface area contributed by atoms with E-state index in [2.05, 4.69) is 4.57 Å². The molecule has 0 atom stereocenters. The van der Waals surface area contributed by atoms with Gasteiger partial charge in [0.05, 0.1) is 34.8 Å². The molecule has 0 bridgehead atoms. The van der Waals surface area contributed by atoms with Gasteiger partial charge in [0.25, 0.3) is 10.0 Å². The van der Waals surface area contributed by atoms with Crippen molar-refractivity contribution in [3.8, 4) is 22.5 Å². The van der Waals surface area contributed by atoms with Crippen LogP contribution in [0, 0.1) is 6.92 Å². The molecule has 4 aromatic carbocycles. The Morgan fingerprint density at radius 1 is 0.891 bits per heavy atom. The summed E-state index contributed by atoms with van der Waals surface area (Å²) in [4.78, 5) is 17.7. The Morgan fingerprint density at radius 3 is 2.28 bits per heavy atom. The van der Waals surface area contributed by atoms with Crippen molar-refractivity contribution in [3.63, 3.8) is 0 Å². The molecule has 0 spiro atoms. The molecule has 0 radical (unpaired) electrons. The van der Waals surface area contributed by atoms with Crippen LogP contribution in [-0.4, -0.2) is 34.5 Å². The summed E-state index contributed by atoms with van der Waals surface area (Å²) in [7, 11) is -4.01. The first-order valence-corrected chi connectivity index (χ1v) is 17.0. The Hall–Kier alpha value is -4.37. The average Bonchev–Trinajstić information content (AvgIpc) is 3.60. The first-order chi connectivity index (χ1) is 22.2. The van der Waals surface area contributed by atoms with Crippen molar-refractivity contribution in [2.24, 2.45) is 0 Å². The number of hydrogen-bond acceptors (Lipinski definition) is 5. The number of carbonyl (C=O) groups is 1. The van der Waals surface area contributed by atoms with E-state index in [-0.39, 0.29) is 23.9 Å². The predicted octanol–water partition coefficient (Wildman–Crippen LogP) is 8.57. The maximum Gasteiger partial charge on any atom is 0.306 e. The van der Waals surface area contributed by atoms with Crippen molar-refractivity contribution in [1.29, 1.82) is 0 Å². The molecule has 0 aliphatic heterocycles. The summed E-state index contributed by atoms with van der Waals surface area (Å²) >= 11 is 12.7. The van der Waals surface area contributed by atoms with Crippen molar-refractivity contribution >= 4 is 50.1 Å². The van der Waals surface area contributed by atoms with Crippen LogP contribution < -0.4 is 0 Å². The third-order valence-electron chi connectivity index (χ3n) is 7.77. The molecule has 0 N–H and O–H groups in total. The number of hydrogen-bond donors (Lipinski definition) is 0. The first kappa shape index (κ1) is 31.6. The number of ether oxygens (including phenoxy) is 1. The molecule has 0 unspecified atom stereocenters. The minimum Gasteiger partial charge on any atom is -0.466 e. The summed E-state index contributed by atoms with van der Waals surface area (Å²) in [6.45, 7) is 4.37. The van der Waals surface area contributed by atoms with Crippen LogP contribution in [0.1, 0.15) is 30.3 Å². The van der Waals surface area contributed by atoms with Crippen molar-refractivity contribution < 1.29 is 17.9 Å². The second-order valence-corrected chi connectivity index (χ2v) is 13.6. The summed E-state index contributed by atoms with van der Waals surface area (Å²) in [6, 6.07) is 29.3. The lowest BCUT2D eigenvalue weighted by Crippen LogP contribution is -2.12. The van der Waals surface area contributed by atoms with Gasteiger partial charge in [0.1, 0.15) is 5.82 Å². The van der Waals surface area contributed by atoms with E-state index in [0.717, 1.165) is 16.7 Å². The summed E-state index contributed by atoms with van der Waals surface area (Å²) in [5, 5.41) is 1.71. The molecular weight excluding hydrogens is 641 g/mol. The van der Waals surface area contributed by atoms with Crippen LogP contribution in [0.25, 0.3) is 33.4 Å². The van der Waals surface area contributed by atoms with E-state index < -0.39 is 10.0 Å². The molecular formula is C36H31Cl2N3O4S. The molecule has 0 aliphatic carbocycles. The summed E-state index contributed by atoms with van der Waals surface area (Å²) < 4.78 is 36.9. The molecule has 2 aromatic heterocycles. The summed E-state index contributed by atoms with van der Waals surface area (Å²) in [6.07, 6.45) is 2.10. The zero-order valence-corrected chi connectivity index (χ0v) is 27.6. The highest BCUT2D eigenvalue weighted by Crippen LogP contribution is 2.40. The van der Waals surface area contributed by atoms with Crippen LogP contribution in [0.5, 0.6) is 0 Å². The lowest BCUT2D eigenvalue weighted by Gasteiger charge is -2.13. The Kier molecular flexibility index (Phi) is 9.04. The molecule has 0 fully saturated rings. The van der Waals surface area contributed by atoms with Crippen LogP contribution in [0.3, 0.4) is 0 Å². The zero-order valence-electron chi connectivity index (χ0n) is 25.3. The molecule has 7 nitrogen and oxygen atoms in total. The van der Waals surface area contributed by atoms with Crippen molar-refractivity contribution in [2.75, 3.05) is 6.61 Å². The highest BCUT2D eigenvalue weighted by Gasteiger charge is 2.27. The van der Waals surface area contributed by atoms with E-state index in [4.69, 9.17) is 32.9 Å². The van der Waals surface area contributed by atoms with Gasteiger partial charge < -0.3 is 9.30 Å². The van der Waals surface area contributed by atoms with Gasteiger partial charge in [-0.15, -0.1) is 0 Å². The number of imidazole rings is 1. The van der Waals surface area contributed by atoms with Gasteiger partial charge in [-0.25, -0.2) is 17.4 Å². The third-order valence-corrected chi connectivity index (χ3v) is 9.95. The quantitative estimate of drug-likeness (QED) is 0.136. The minimum atomic E-state index is -4.01. The van der Waals surface area contributed by atoms with E-state index in [1.54, 1.807) is 49.5 Å². The van der Waals surface area contributed by atoms with E-state index in [9.17, 15) is 13.2 Å². The van der Waals surface area contributed by atoms with Crippen molar-refractivity contribution in [3.05, 3.63) is 130 Å². The molecule has 10 heteroatoms. The number of carbonyl (C=O) groups excluding carboxylic acids is 1. The van der Waals surface area contributed by atoms with E-state index in [0.29, 0.717) is 56.7 Å². The van der Waals surface area contributed by atoms with Gasteiger partial charge in [-0.1, -0.05) is 89.4 Å². The largest absolute Gasteiger partial charge is 0.466 e. The van der Waals surface area contributed by atoms with Gasteiger partial charge in [0.2, 0.25) is 0 Å². The van der Waals surface area contributed by atoms with Gasteiger partial charge in [-0.2, -0.15) is 0 Å². The maximum atomic E-state index is 14.2. The molecule has 0 aliphatic rings. The number of aryl methyl sites for hydroxylation is 2. The molecule has 2 heterocycles. The van der Waals surface area contributed by atoms with Crippen LogP contribution in [0.4, 0.5) is 0 Å². The Balaban J connectivity index is 1.63. The minimum absolute atomic E-state index is 0.137. The van der Waals surface area contributed by atoms with E-state index in [1.165, 1.54) is 3.97 Å². The Morgan fingerprint density at radius 2 is 1.59 bits per heavy atom. The van der Waals surface area contributed by atoms with E-state index >= 15 is 0 Å². The standard InChI is InChI=1S/C36H31Cl2N3O4S/c1-3-45-34(42)20-19-33-39-35(26-7-5-4-6-8-26)36(40(33)22-25-11-13-27(37)14-12-25)31-23-41(32-21-28(38)15-18-30(31)32)46(43,44)29-16-9-24(2)10-17-29/h4-18,21,23H,3,19-20,22H2,1-2H3. The zero-order chi connectivity index (χ0) is 32.4. The monoisotopic (exact) mass is 671 g/mol. The van der Waals surface area contributed by atoms with Crippen LogP contribution in [0.2, 0.25) is 10.0 Å². The van der Waals surface area contributed by atoms with Crippen molar-refractivity contribution in [2.45, 2.75) is 38.1 Å². The van der Waals surface area contributed by atoms with Gasteiger partial charge >= 0.3 is 5.97 Å². The number of rotatable bonds is 10. The van der Waals surface area contributed by atoms with Gasteiger partial charge in [0.15, 0.2) is 0 Å². The highest BCUT2D eigenvalue weighted by atomic mass is 35.5. The van der Waals surface area contributed by atoms with Gasteiger partial charge in [0, 0.05) is 45.7 Å². The average molecular weight is 673 g/mol. The number of benzene rings is 4. The fraction of sp³-hybridized carbons (Fsp3) is 0.167. The molecule has 6 rings (SSSR count). The highest BCUT2D eigenvalue weighted by molar-refractivity contribution is 7.90. The summed E-state index contributed by atoms with van der Waals surface area (Å²) in [5.41, 5.74) is 5.23. The molecule has 6 aromatic rings. The predicted molar refractivity (Wildman–Crippen MR) is 183 cm³/mol. The number of aromatic nitrogens is 3. The maximum absolute atomic E-state index is 14.2. The molecule has 0 amide bonds. The third kappa shape index (κ3) is 6.33. The number of nitrogens with zero attached hydrogens (tertiary/aromatic N) is 3. The number of esters is 1. The smallest absolute Gasteiger partial charge is 0.306 e. The van der Waals surface area contributed by atoms with Crippen LogP contribution >= 0.6 is 23.2 Å². The number of halogens is 2. The molecule has 46 heavy (non-hydrogen) atoms. The number of fused-ring (bicyclic) bond motifs is 1. The second kappa shape index (κ2) is 13.2. The van der Waals surface area contributed by atoms with Gasteiger partial charge in [-0.05, 0) is 55.8 Å².